The summed E-state index contributed by atoms with van der Waals surface area (Å²) < 4.78 is 10.2. The standard InChI is InChI=1S/C6H10O3.CH2Cl2/c1-6(2)8-4-5(3-7)9-6;2-1-3/h3,5H,4H2,1-2H3;1H2/t5-;/m1./s1. The third-order valence-corrected chi connectivity index (χ3v) is 1.18. The summed E-state index contributed by atoms with van der Waals surface area (Å²) in [4.78, 5) is 10.1. The van der Waals surface area contributed by atoms with Crippen LogP contribution >= 0.6 is 23.2 Å². The molecule has 1 saturated heterocycles. The van der Waals surface area contributed by atoms with E-state index >= 15 is 0 Å². The highest BCUT2D eigenvalue weighted by Gasteiger charge is 2.31. The first kappa shape index (κ1) is 12.2. The van der Waals surface area contributed by atoms with Gasteiger partial charge in [-0.1, -0.05) is 0 Å². The van der Waals surface area contributed by atoms with Crippen LogP contribution in [0.3, 0.4) is 0 Å². The summed E-state index contributed by atoms with van der Waals surface area (Å²) in [5.41, 5.74) is 0. The van der Waals surface area contributed by atoms with Gasteiger partial charge in [0, 0.05) is 0 Å². The van der Waals surface area contributed by atoms with Crippen molar-refractivity contribution in [3.05, 3.63) is 0 Å². The molecule has 12 heavy (non-hydrogen) atoms. The maximum atomic E-state index is 10.1. The molecule has 3 nitrogen and oxygen atoms in total. The van der Waals surface area contributed by atoms with Crippen LogP contribution in [0.5, 0.6) is 0 Å². The van der Waals surface area contributed by atoms with Gasteiger partial charge in [0.1, 0.15) is 6.10 Å². The van der Waals surface area contributed by atoms with Crippen molar-refractivity contribution in [3.63, 3.8) is 0 Å². The number of hydrogen-bond acceptors (Lipinski definition) is 3. The fourth-order valence-corrected chi connectivity index (χ4v) is 0.782. The summed E-state index contributed by atoms with van der Waals surface area (Å²) >= 11 is 9.53. The number of hydrogen-bond donors (Lipinski definition) is 0. The van der Waals surface area contributed by atoms with Crippen LogP contribution in [0.25, 0.3) is 0 Å². The average molecular weight is 215 g/mol. The lowest BCUT2D eigenvalue weighted by atomic mass is 10.4. The van der Waals surface area contributed by atoms with Crippen LogP contribution in [-0.4, -0.2) is 30.1 Å². The van der Waals surface area contributed by atoms with Crippen molar-refractivity contribution in [2.24, 2.45) is 0 Å². The van der Waals surface area contributed by atoms with E-state index in [2.05, 4.69) is 0 Å². The molecule has 1 aliphatic rings. The topological polar surface area (TPSA) is 35.5 Å². The highest BCUT2D eigenvalue weighted by atomic mass is 35.5. The monoisotopic (exact) mass is 214 g/mol. The molecule has 1 heterocycles. The van der Waals surface area contributed by atoms with Crippen LogP contribution in [-0.2, 0) is 14.3 Å². The van der Waals surface area contributed by atoms with Crippen LogP contribution in [0.1, 0.15) is 13.8 Å². The molecule has 0 spiro atoms. The third-order valence-electron chi connectivity index (χ3n) is 1.18. The van der Waals surface area contributed by atoms with Crippen molar-refractivity contribution in [1.82, 2.24) is 0 Å². The molecule has 0 aromatic heterocycles. The molecule has 0 bridgehead atoms. The van der Waals surface area contributed by atoms with Crippen molar-refractivity contribution >= 4 is 29.5 Å². The minimum absolute atomic E-state index is 0.194. The van der Waals surface area contributed by atoms with Gasteiger partial charge >= 0.3 is 0 Å². The second kappa shape index (κ2) is 5.75. The summed E-state index contributed by atoms with van der Waals surface area (Å²) in [7, 11) is 0. The Balaban J connectivity index is 0.000000354. The molecule has 1 rings (SSSR count). The molecular formula is C7H12Cl2O3. The number of carbonyl (C=O) groups is 1. The van der Waals surface area contributed by atoms with Gasteiger partial charge < -0.3 is 14.3 Å². The first-order valence-electron chi connectivity index (χ1n) is 3.44. The first-order chi connectivity index (χ1) is 5.55. The average Bonchev–Trinajstić information content (AvgIpc) is 2.32. The minimum atomic E-state index is -0.564. The molecule has 0 N–H and O–H groups in total. The Labute approximate surface area is 81.9 Å². The summed E-state index contributed by atoms with van der Waals surface area (Å²) in [6, 6.07) is 0. The molecule has 5 heteroatoms. The van der Waals surface area contributed by atoms with E-state index in [9.17, 15) is 4.79 Å². The molecule has 0 radical (unpaired) electrons. The predicted molar refractivity (Wildman–Crippen MR) is 47.5 cm³/mol. The van der Waals surface area contributed by atoms with E-state index in [-0.39, 0.29) is 11.4 Å². The van der Waals surface area contributed by atoms with Gasteiger partial charge in [0.25, 0.3) is 0 Å². The lowest BCUT2D eigenvalue weighted by Crippen LogP contribution is -2.21. The van der Waals surface area contributed by atoms with Gasteiger partial charge in [-0.15, -0.1) is 23.2 Å². The lowest BCUT2D eigenvalue weighted by molar-refractivity contribution is -0.145. The zero-order valence-corrected chi connectivity index (χ0v) is 8.56. The third kappa shape index (κ3) is 4.93. The lowest BCUT2D eigenvalue weighted by Gasteiger charge is -2.14. The number of ether oxygens (including phenoxy) is 2. The molecule has 1 fully saturated rings. The van der Waals surface area contributed by atoms with Gasteiger partial charge in [0.15, 0.2) is 12.1 Å². The van der Waals surface area contributed by atoms with Gasteiger partial charge in [-0.2, -0.15) is 0 Å². The Morgan fingerprint density at radius 1 is 1.58 bits per heavy atom. The van der Waals surface area contributed by atoms with E-state index in [4.69, 9.17) is 32.7 Å². The Bertz CT molecular complexity index is 139. The van der Waals surface area contributed by atoms with Crippen LogP contribution in [0, 0.1) is 0 Å². The Hall–Kier alpha value is 0.170. The zero-order valence-electron chi connectivity index (χ0n) is 7.05. The zero-order chi connectivity index (χ0) is 9.61. The summed E-state index contributed by atoms with van der Waals surface area (Å²) in [6.07, 6.45) is 0.398. The fourth-order valence-electron chi connectivity index (χ4n) is 0.782. The largest absolute Gasteiger partial charge is 0.347 e. The molecule has 1 aliphatic heterocycles. The quantitative estimate of drug-likeness (QED) is 0.493. The summed E-state index contributed by atoms with van der Waals surface area (Å²) in [5.74, 6) is -0.564. The summed E-state index contributed by atoms with van der Waals surface area (Å²) in [6.45, 7) is 3.96. The van der Waals surface area contributed by atoms with Gasteiger partial charge in [0.05, 0.1) is 11.9 Å². The highest BCUT2D eigenvalue weighted by molar-refractivity contribution is 6.40. The number of alkyl halides is 2. The fraction of sp³-hybridized carbons (Fsp3) is 0.857. The maximum absolute atomic E-state index is 10.1. The number of rotatable bonds is 1. The molecule has 0 unspecified atom stereocenters. The van der Waals surface area contributed by atoms with Crippen molar-refractivity contribution in [1.29, 1.82) is 0 Å². The van der Waals surface area contributed by atoms with Crippen LogP contribution in [0.2, 0.25) is 0 Å². The van der Waals surface area contributed by atoms with Crippen LogP contribution < -0.4 is 0 Å². The van der Waals surface area contributed by atoms with Gasteiger partial charge in [-0.25, -0.2) is 0 Å². The first-order valence-corrected chi connectivity index (χ1v) is 4.51. The van der Waals surface area contributed by atoms with Gasteiger partial charge in [-0.05, 0) is 13.8 Å². The van der Waals surface area contributed by atoms with E-state index in [1.165, 1.54) is 0 Å². The maximum Gasteiger partial charge on any atom is 0.163 e. The smallest absolute Gasteiger partial charge is 0.163 e. The van der Waals surface area contributed by atoms with E-state index in [1.807, 2.05) is 0 Å². The molecular weight excluding hydrogens is 203 g/mol. The van der Waals surface area contributed by atoms with Crippen molar-refractivity contribution < 1.29 is 14.3 Å². The molecule has 0 aromatic carbocycles. The number of aldehydes is 1. The SMILES string of the molecule is CC1(C)OC[C@@H](C=O)O1.ClCCl. The molecule has 1 atom stereocenters. The van der Waals surface area contributed by atoms with Gasteiger partial charge in [-0.3, -0.25) is 0 Å². The van der Waals surface area contributed by atoms with Crippen molar-refractivity contribution in [3.8, 4) is 0 Å². The Kier molecular flexibility index (Phi) is 5.84. The molecule has 72 valence electrons. The highest BCUT2D eigenvalue weighted by Crippen LogP contribution is 2.20. The second-order valence-electron chi connectivity index (χ2n) is 2.60. The summed E-state index contributed by atoms with van der Waals surface area (Å²) in [5, 5.41) is 0.194. The van der Waals surface area contributed by atoms with E-state index in [0.29, 0.717) is 6.61 Å². The van der Waals surface area contributed by atoms with Crippen molar-refractivity contribution in [2.75, 3.05) is 11.9 Å². The van der Waals surface area contributed by atoms with Crippen LogP contribution in [0.4, 0.5) is 0 Å². The Morgan fingerprint density at radius 2 is 2.08 bits per heavy atom. The van der Waals surface area contributed by atoms with Crippen LogP contribution in [0.15, 0.2) is 0 Å². The van der Waals surface area contributed by atoms with E-state index in [1.54, 1.807) is 13.8 Å². The van der Waals surface area contributed by atoms with Crippen molar-refractivity contribution in [2.45, 2.75) is 25.7 Å². The minimum Gasteiger partial charge on any atom is -0.347 e. The van der Waals surface area contributed by atoms with E-state index < -0.39 is 5.79 Å². The van der Waals surface area contributed by atoms with E-state index in [0.717, 1.165) is 6.29 Å². The molecule has 0 aliphatic carbocycles. The predicted octanol–water partition coefficient (Wildman–Crippen LogP) is 1.76. The number of halogens is 2. The Morgan fingerprint density at radius 3 is 2.25 bits per heavy atom. The molecule has 0 amide bonds. The number of carbonyl (C=O) groups excluding carboxylic acids is 1. The van der Waals surface area contributed by atoms with Gasteiger partial charge in [0.2, 0.25) is 0 Å². The molecule has 0 saturated carbocycles. The second-order valence-corrected chi connectivity index (χ2v) is 3.41. The normalized spacial score (nSPS) is 25.8. The molecule has 0 aromatic rings.